The van der Waals surface area contributed by atoms with Crippen LogP contribution in [0.25, 0.3) is 0 Å². The molecule has 1 unspecified atom stereocenters. The maximum atomic E-state index is 11.5. The summed E-state index contributed by atoms with van der Waals surface area (Å²) < 4.78 is 9.46. The van der Waals surface area contributed by atoms with Crippen molar-refractivity contribution in [3.63, 3.8) is 0 Å². The van der Waals surface area contributed by atoms with E-state index in [9.17, 15) is 14.4 Å². The highest BCUT2D eigenvalue weighted by molar-refractivity contribution is 5.84. The molecule has 0 fully saturated rings. The van der Waals surface area contributed by atoms with Crippen LogP contribution in [0, 0.1) is 0 Å². The zero-order valence-corrected chi connectivity index (χ0v) is 10.5. The predicted octanol–water partition coefficient (Wildman–Crippen LogP) is 0.407. The van der Waals surface area contributed by atoms with E-state index in [1.165, 1.54) is 7.11 Å². The highest BCUT2D eigenvalue weighted by Gasteiger charge is 2.22. The summed E-state index contributed by atoms with van der Waals surface area (Å²) in [6.07, 6.45) is 0.0737. The third-order valence-corrected chi connectivity index (χ3v) is 2.37. The first-order valence-corrected chi connectivity index (χ1v) is 5.64. The van der Waals surface area contributed by atoms with E-state index in [0.717, 1.165) is 5.56 Å². The second kappa shape index (κ2) is 7.86. The fraction of sp³-hybridized carbons (Fsp3) is 0.308. The molecule has 1 atom stereocenters. The Morgan fingerprint density at radius 1 is 1.32 bits per heavy atom. The molecule has 0 saturated carbocycles. The molecule has 1 rings (SSSR count). The Bertz CT molecular complexity index is 432. The molecule has 0 heterocycles. The first kappa shape index (κ1) is 14.7. The number of methoxy groups -OCH3 is 1. The lowest BCUT2D eigenvalue weighted by Crippen LogP contribution is -2.38. The van der Waals surface area contributed by atoms with Gasteiger partial charge in [-0.05, 0) is 5.56 Å². The van der Waals surface area contributed by atoms with Crippen LogP contribution in [0.2, 0.25) is 0 Å². The summed E-state index contributed by atoms with van der Waals surface area (Å²) in [4.78, 5) is 33.1. The lowest BCUT2D eigenvalue weighted by Gasteiger charge is -2.12. The zero-order valence-electron chi connectivity index (χ0n) is 10.5. The number of benzene rings is 1. The summed E-state index contributed by atoms with van der Waals surface area (Å²) in [5, 5.41) is 2.21. The summed E-state index contributed by atoms with van der Waals surface area (Å²) in [5.74, 6) is -1.28. The van der Waals surface area contributed by atoms with Crippen LogP contribution in [0.5, 0.6) is 0 Å². The first-order valence-electron chi connectivity index (χ1n) is 5.64. The molecule has 6 nitrogen and oxygen atoms in total. The fourth-order valence-electron chi connectivity index (χ4n) is 1.40. The Morgan fingerprint density at radius 3 is 2.58 bits per heavy atom. The van der Waals surface area contributed by atoms with E-state index in [2.05, 4.69) is 10.1 Å². The summed E-state index contributed by atoms with van der Waals surface area (Å²) in [7, 11) is 1.18. The molecule has 0 aliphatic rings. The minimum absolute atomic E-state index is 0.120. The van der Waals surface area contributed by atoms with Gasteiger partial charge in [0.05, 0.1) is 13.5 Å². The highest BCUT2D eigenvalue weighted by atomic mass is 16.5. The van der Waals surface area contributed by atoms with Crippen molar-refractivity contribution in [2.24, 2.45) is 0 Å². The van der Waals surface area contributed by atoms with Crippen LogP contribution >= 0.6 is 0 Å². The molecule has 6 heteroatoms. The number of esters is 2. The maximum Gasteiger partial charge on any atom is 0.328 e. The number of carbonyl (C=O) groups excluding carboxylic acids is 3. The van der Waals surface area contributed by atoms with E-state index in [0.29, 0.717) is 6.41 Å². The molecule has 0 aromatic heterocycles. The average Bonchev–Trinajstić information content (AvgIpc) is 2.45. The van der Waals surface area contributed by atoms with Crippen LogP contribution in [0.4, 0.5) is 0 Å². The molecule has 1 aromatic rings. The molecule has 0 aliphatic heterocycles. The second-order valence-electron chi connectivity index (χ2n) is 3.71. The highest BCUT2D eigenvalue weighted by Crippen LogP contribution is 2.03. The Kier molecular flexibility index (Phi) is 6.08. The van der Waals surface area contributed by atoms with E-state index in [4.69, 9.17) is 4.74 Å². The first-order chi connectivity index (χ1) is 9.17. The molecule has 1 aromatic carbocycles. The van der Waals surface area contributed by atoms with Gasteiger partial charge in [-0.25, -0.2) is 4.79 Å². The van der Waals surface area contributed by atoms with Crippen molar-refractivity contribution in [1.29, 1.82) is 0 Å². The van der Waals surface area contributed by atoms with Crippen LogP contribution in [0.1, 0.15) is 12.0 Å². The summed E-state index contributed by atoms with van der Waals surface area (Å²) in [5.41, 5.74) is 0.841. The van der Waals surface area contributed by atoms with Gasteiger partial charge in [-0.2, -0.15) is 0 Å². The molecule has 0 aliphatic carbocycles. The molecular weight excluding hydrogens is 250 g/mol. The van der Waals surface area contributed by atoms with Gasteiger partial charge in [0.1, 0.15) is 12.6 Å². The van der Waals surface area contributed by atoms with Gasteiger partial charge in [-0.1, -0.05) is 30.3 Å². The van der Waals surface area contributed by atoms with Crippen LogP contribution in [-0.2, 0) is 30.5 Å². The molecule has 0 bridgehead atoms. The van der Waals surface area contributed by atoms with E-state index < -0.39 is 18.0 Å². The van der Waals surface area contributed by atoms with Crippen molar-refractivity contribution in [3.8, 4) is 0 Å². The molecular formula is C13H15NO5. The molecule has 0 saturated heterocycles. The van der Waals surface area contributed by atoms with E-state index in [-0.39, 0.29) is 13.0 Å². The number of nitrogens with one attached hydrogen (secondary N) is 1. The van der Waals surface area contributed by atoms with E-state index in [1.807, 2.05) is 30.3 Å². The lowest BCUT2D eigenvalue weighted by molar-refractivity contribution is -0.152. The summed E-state index contributed by atoms with van der Waals surface area (Å²) in [6.45, 7) is 0.120. The SMILES string of the molecule is COC(=O)C(CC(=O)OCc1ccccc1)NC=O. The average molecular weight is 265 g/mol. The topological polar surface area (TPSA) is 81.7 Å². The third-order valence-electron chi connectivity index (χ3n) is 2.37. The van der Waals surface area contributed by atoms with Crippen LogP contribution < -0.4 is 5.32 Å². The fourth-order valence-corrected chi connectivity index (χ4v) is 1.40. The number of ether oxygens (including phenoxy) is 2. The molecule has 0 spiro atoms. The number of rotatable bonds is 7. The Balaban J connectivity index is 2.44. The van der Waals surface area contributed by atoms with Gasteiger partial charge in [0, 0.05) is 0 Å². The molecule has 1 N–H and O–H groups in total. The van der Waals surface area contributed by atoms with E-state index >= 15 is 0 Å². The number of amides is 1. The maximum absolute atomic E-state index is 11.5. The third kappa shape index (κ3) is 5.20. The van der Waals surface area contributed by atoms with Gasteiger partial charge in [-0.15, -0.1) is 0 Å². The normalized spacial score (nSPS) is 11.2. The molecule has 0 radical (unpaired) electrons. The van der Waals surface area contributed by atoms with Crippen molar-refractivity contribution < 1.29 is 23.9 Å². The Labute approximate surface area is 110 Å². The van der Waals surface area contributed by atoms with Crippen molar-refractivity contribution >= 4 is 18.3 Å². The van der Waals surface area contributed by atoms with Crippen molar-refractivity contribution in [3.05, 3.63) is 35.9 Å². The summed E-state index contributed by atoms with van der Waals surface area (Å²) >= 11 is 0. The van der Waals surface area contributed by atoms with Crippen molar-refractivity contribution in [1.82, 2.24) is 5.32 Å². The second-order valence-corrected chi connectivity index (χ2v) is 3.71. The minimum Gasteiger partial charge on any atom is -0.467 e. The number of hydrogen-bond donors (Lipinski definition) is 1. The van der Waals surface area contributed by atoms with Gasteiger partial charge in [0.2, 0.25) is 6.41 Å². The van der Waals surface area contributed by atoms with Gasteiger partial charge in [0.15, 0.2) is 0 Å². The number of carbonyl (C=O) groups is 3. The van der Waals surface area contributed by atoms with Gasteiger partial charge < -0.3 is 14.8 Å². The monoisotopic (exact) mass is 265 g/mol. The van der Waals surface area contributed by atoms with Gasteiger partial charge >= 0.3 is 11.9 Å². The molecule has 1 amide bonds. The minimum atomic E-state index is -1.02. The standard InChI is InChI=1S/C13H15NO5/c1-18-13(17)11(14-9-15)7-12(16)19-8-10-5-3-2-4-6-10/h2-6,9,11H,7-8H2,1H3,(H,14,15). The molecule has 19 heavy (non-hydrogen) atoms. The largest absolute Gasteiger partial charge is 0.467 e. The van der Waals surface area contributed by atoms with Crippen molar-refractivity contribution in [2.45, 2.75) is 19.1 Å². The Hall–Kier alpha value is -2.37. The van der Waals surface area contributed by atoms with E-state index in [1.54, 1.807) is 0 Å². The quantitative estimate of drug-likeness (QED) is 0.570. The zero-order chi connectivity index (χ0) is 14.1. The van der Waals surface area contributed by atoms with Crippen LogP contribution in [-0.4, -0.2) is 31.5 Å². The predicted molar refractivity (Wildman–Crippen MR) is 65.9 cm³/mol. The van der Waals surface area contributed by atoms with Gasteiger partial charge in [-0.3, -0.25) is 9.59 Å². The Morgan fingerprint density at radius 2 is 2.00 bits per heavy atom. The lowest BCUT2D eigenvalue weighted by atomic mass is 10.2. The summed E-state index contributed by atoms with van der Waals surface area (Å²) in [6, 6.07) is 8.12. The number of hydrogen-bond acceptors (Lipinski definition) is 5. The van der Waals surface area contributed by atoms with Crippen molar-refractivity contribution in [2.75, 3.05) is 7.11 Å². The molecule has 102 valence electrons. The van der Waals surface area contributed by atoms with Crippen LogP contribution in [0.15, 0.2) is 30.3 Å². The van der Waals surface area contributed by atoms with Crippen LogP contribution in [0.3, 0.4) is 0 Å². The van der Waals surface area contributed by atoms with Gasteiger partial charge in [0.25, 0.3) is 0 Å². The smallest absolute Gasteiger partial charge is 0.328 e.